The molecule has 0 aromatic rings. The van der Waals surface area contributed by atoms with Crippen LogP contribution in [0, 0.1) is 17.8 Å². The lowest BCUT2D eigenvalue weighted by Gasteiger charge is -2.20. The van der Waals surface area contributed by atoms with Crippen LogP contribution in [-0.4, -0.2) is 18.0 Å². The van der Waals surface area contributed by atoms with Crippen molar-refractivity contribution in [3.05, 3.63) is 0 Å². The molecule has 0 saturated heterocycles. The van der Waals surface area contributed by atoms with Crippen LogP contribution in [0.2, 0.25) is 0 Å². The minimum Gasteiger partial charge on any atom is -0.356 e. The number of hydrogen-bond acceptors (Lipinski definition) is 2. The van der Waals surface area contributed by atoms with E-state index in [1.165, 1.54) is 25.7 Å². The van der Waals surface area contributed by atoms with E-state index in [1.807, 2.05) is 13.8 Å². The third-order valence-corrected chi connectivity index (χ3v) is 3.61. The van der Waals surface area contributed by atoms with E-state index in [9.17, 15) is 4.79 Å². The predicted octanol–water partition coefficient (Wildman–Crippen LogP) is 1.67. The molecule has 0 radical (unpaired) electrons. The molecule has 3 nitrogen and oxygen atoms in total. The van der Waals surface area contributed by atoms with Gasteiger partial charge in [-0.25, -0.2) is 0 Å². The summed E-state index contributed by atoms with van der Waals surface area (Å²) in [5, 5.41) is 3.06. The summed E-state index contributed by atoms with van der Waals surface area (Å²) >= 11 is 0. The van der Waals surface area contributed by atoms with Gasteiger partial charge in [-0.3, -0.25) is 4.79 Å². The Balaban J connectivity index is 1.70. The molecule has 0 unspecified atom stereocenters. The Morgan fingerprint density at radius 1 is 1.31 bits per heavy atom. The van der Waals surface area contributed by atoms with Crippen molar-refractivity contribution in [2.75, 3.05) is 6.54 Å². The largest absolute Gasteiger partial charge is 0.356 e. The molecule has 1 amide bonds. The Labute approximate surface area is 98.2 Å². The molecule has 92 valence electrons. The molecule has 0 spiro atoms. The van der Waals surface area contributed by atoms with Crippen LogP contribution in [0.4, 0.5) is 0 Å². The molecule has 2 saturated carbocycles. The maximum absolute atomic E-state index is 11.7. The fourth-order valence-electron chi connectivity index (χ4n) is 2.47. The number of nitrogens with one attached hydrogen (secondary N) is 1. The van der Waals surface area contributed by atoms with Gasteiger partial charge in [0.1, 0.15) is 0 Å². The normalized spacial score (nSPS) is 21.2. The predicted molar refractivity (Wildman–Crippen MR) is 64.8 cm³/mol. The number of amides is 1. The number of nitrogens with two attached hydrogens (primary N) is 1. The molecule has 2 aliphatic carbocycles. The minimum absolute atomic E-state index is 0.110. The van der Waals surface area contributed by atoms with E-state index in [4.69, 9.17) is 5.73 Å². The van der Waals surface area contributed by atoms with Crippen molar-refractivity contribution in [1.82, 2.24) is 5.32 Å². The Kier molecular flexibility index (Phi) is 3.24. The van der Waals surface area contributed by atoms with Gasteiger partial charge in [-0.15, -0.1) is 0 Å². The summed E-state index contributed by atoms with van der Waals surface area (Å²) in [6.45, 7) is 4.67. The first-order valence-electron chi connectivity index (χ1n) is 6.51. The lowest BCUT2D eigenvalue weighted by molar-refractivity contribution is -0.122. The van der Waals surface area contributed by atoms with E-state index >= 15 is 0 Å². The van der Waals surface area contributed by atoms with Crippen molar-refractivity contribution in [2.24, 2.45) is 23.5 Å². The second kappa shape index (κ2) is 4.36. The van der Waals surface area contributed by atoms with E-state index < -0.39 is 5.54 Å². The van der Waals surface area contributed by atoms with E-state index in [2.05, 4.69) is 5.32 Å². The van der Waals surface area contributed by atoms with Gasteiger partial charge in [0.15, 0.2) is 0 Å². The first-order chi connectivity index (χ1) is 7.46. The Bertz CT molecular complexity index is 250. The van der Waals surface area contributed by atoms with Crippen molar-refractivity contribution in [3.63, 3.8) is 0 Å². The summed E-state index contributed by atoms with van der Waals surface area (Å²) in [5.74, 6) is 2.67. The molecule has 3 heteroatoms. The van der Waals surface area contributed by atoms with E-state index in [0.29, 0.717) is 6.42 Å². The van der Waals surface area contributed by atoms with Crippen LogP contribution in [0.5, 0.6) is 0 Å². The minimum atomic E-state index is -0.390. The Morgan fingerprint density at radius 2 is 1.81 bits per heavy atom. The summed E-state index contributed by atoms with van der Waals surface area (Å²) < 4.78 is 0. The molecule has 0 aliphatic heterocycles. The van der Waals surface area contributed by atoms with Crippen LogP contribution >= 0.6 is 0 Å². The van der Waals surface area contributed by atoms with Crippen LogP contribution in [-0.2, 0) is 4.79 Å². The second-order valence-electron chi connectivity index (χ2n) is 6.31. The first kappa shape index (κ1) is 11.9. The number of rotatable bonds is 6. The van der Waals surface area contributed by atoms with Gasteiger partial charge in [-0.05, 0) is 57.3 Å². The molecular weight excluding hydrogens is 200 g/mol. The summed E-state index contributed by atoms with van der Waals surface area (Å²) in [4.78, 5) is 11.7. The highest BCUT2D eigenvalue weighted by Crippen LogP contribution is 2.48. The van der Waals surface area contributed by atoms with E-state index in [0.717, 1.165) is 24.3 Å². The maximum atomic E-state index is 11.7. The standard InChI is InChI=1S/C13H24N2O/c1-13(2,14)7-12(16)15-8-11(9-3-4-9)10-5-6-10/h9-11H,3-8,14H2,1-2H3,(H,15,16). The van der Waals surface area contributed by atoms with Crippen LogP contribution < -0.4 is 11.1 Å². The zero-order chi connectivity index (χ0) is 11.8. The van der Waals surface area contributed by atoms with Crippen LogP contribution in [0.3, 0.4) is 0 Å². The molecule has 0 bridgehead atoms. The van der Waals surface area contributed by atoms with Gasteiger partial charge in [0.2, 0.25) is 5.91 Å². The van der Waals surface area contributed by atoms with Crippen molar-refractivity contribution in [3.8, 4) is 0 Å². The maximum Gasteiger partial charge on any atom is 0.221 e. The molecule has 0 atom stereocenters. The molecule has 2 aliphatic rings. The lowest BCUT2D eigenvalue weighted by atomic mass is 9.97. The smallest absolute Gasteiger partial charge is 0.221 e. The summed E-state index contributed by atoms with van der Waals surface area (Å²) in [7, 11) is 0. The molecule has 16 heavy (non-hydrogen) atoms. The highest BCUT2D eigenvalue weighted by atomic mass is 16.1. The van der Waals surface area contributed by atoms with Crippen LogP contribution in [0.25, 0.3) is 0 Å². The van der Waals surface area contributed by atoms with Gasteiger partial charge < -0.3 is 11.1 Å². The van der Waals surface area contributed by atoms with Crippen molar-refractivity contribution in [1.29, 1.82) is 0 Å². The summed E-state index contributed by atoms with van der Waals surface area (Å²) in [6, 6.07) is 0. The third kappa shape index (κ3) is 3.78. The quantitative estimate of drug-likeness (QED) is 0.721. The van der Waals surface area contributed by atoms with Gasteiger partial charge in [0.05, 0.1) is 0 Å². The number of carbonyl (C=O) groups is 1. The summed E-state index contributed by atoms with van der Waals surface area (Å²) in [5.41, 5.74) is 5.44. The van der Waals surface area contributed by atoms with Crippen molar-refractivity contribution >= 4 is 5.91 Å². The van der Waals surface area contributed by atoms with Gasteiger partial charge in [-0.1, -0.05) is 0 Å². The van der Waals surface area contributed by atoms with Gasteiger partial charge >= 0.3 is 0 Å². The monoisotopic (exact) mass is 224 g/mol. The van der Waals surface area contributed by atoms with Gasteiger partial charge in [0.25, 0.3) is 0 Å². The SMILES string of the molecule is CC(C)(N)CC(=O)NCC(C1CC1)C1CC1. The average Bonchev–Trinajstić information content (AvgIpc) is 2.97. The lowest BCUT2D eigenvalue weighted by Crippen LogP contribution is -2.40. The molecule has 0 heterocycles. The molecule has 0 aromatic carbocycles. The Hall–Kier alpha value is -0.570. The highest BCUT2D eigenvalue weighted by molar-refractivity contribution is 5.77. The molecule has 3 N–H and O–H groups in total. The molecule has 2 rings (SSSR count). The zero-order valence-corrected chi connectivity index (χ0v) is 10.5. The van der Waals surface area contributed by atoms with Gasteiger partial charge in [0, 0.05) is 18.5 Å². The molecule has 2 fully saturated rings. The average molecular weight is 224 g/mol. The topological polar surface area (TPSA) is 55.1 Å². The fourth-order valence-corrected chi connectivity index (χ4v) is 2.47. The van der Waals surface area contributed by atoms with E-state index in [1.54, 1.807) is 0 Å². The zero-order valence-electron chi connectivity index (χ0n) is 10.5. The highest BCUT2D eigenvalue weighted by Gasteiger charge is 2.41. The summed E-state index contributed by atoms with van der Waals surface area (Å²) in [6.07, 6.45) is 5.92. The van der Waals surface area contributed by atoms with E-state index in [-0.39, 0.29) is 5.91 Å². The Morgan fingerprint density at radius 3 is 2.19 bits per heavy atom. The number of carbonyl (C=O) groups excluding carboxylic acids is 1. The molecule has 0 aromatic heterocycles. The van der Waals surface area contributed by atoms with Crippen molar-refractivity contribution < 1.29 is 4.79 Å². The number of hydrogen-bond donors (Lipinski definition) is 2. The van der Waals surface area contributed by atoms with Crippen LogP contribution in [0.1, 0.15) is 46.0 Å². The first-order valence-corrected chi connectivity index (χ1v) is 6.51. The second-order valence-corrected chi connectivity index (χ2v) is 6.31. The van der Waals surface area contributed by atoms with Crippen LogP contribution in [0.15, 0.2) is 0 Å². The third-order valence-electron chi connectivity index (χ3n) is 3.61. The van der Waals surface area contributed by atoms with Gasteiger partial charge in [-0.2, -0.15) is 0 Å². The fraction of sp³-hybridized carbons (Fsp3) is 0.923. The van der Waals surface area contributed by atoms with Crippen molar-refractivity contribution in [2.45, 2.75) is 51.5 Å². The molecular formula is C13H24N2O.